The van der Waals surface area contributed by atoms with Crippen molar-refractivity contribution in [2.24, 2.45) is 0 Å². The molecule has 9 nitrogen and oxygen atoms in total. The molecule has 2 heterocycles. The van der Waals surface area contributed by atoms with Gasteiger partial charge < -0.3 is 24.3 Å². The summed E-state index contributed by atoms with van der Waals surface area (Å²) in [6.45, 7) is 0.840. The highest BCUT2D eigenvalue weighted by Crippen LogP contribution is 2.34. The van der Waals surface area contributed by atoms with E-state index in [1.807, 2.05) is 24.3 Å². The number of carbonyl (C=O) groups is 1. The molecule has 28 heavy (non-hydrogen) atoms. The Kier molecular flexibility index (Phi) is 4.96. The summed E-state index contributed by atoms with van der Waals surface area (Å²) in [6.07, 6.45) is 1.57. The minimum absolute atomic E-state index is 0.214. The van der Waals surface area contributed by atoms with E-state index in [-0.39, 0.29) is 18.4 Å². The quantitative estimate of drug-likeness (QED) is 0.623. The lowest BCUT2D eigenvalue weighted by Gasteiger charge is -2.07. The molecular weight excluding hydrogens is 364 g/mol. The molecule has 1 aromatic heterocycles. The van der Waals surface area contributed by atoms with Gasteiger partial charge in [-0.15, -0.1) is 5.10 Å². The Morgan fingerprint density at radius 3 is 2.75 bits per heavy atom. The number of benzene rings is 2. The van der Waals surface area contributed by atoms with Gasteiger partial charge in [-0.1, -0.05) is 5.21 Å². The molecule has 1 aliphatic rings. The molecule has 0 spiro atoms. The Balaban J connectivity index is 1.27. The van der Waals surface area contributed by atoms with Gasteiger partial charge in [-0.05, 0) is 36.4 Å². The molecule has 0 aliphatic carbocycles. The number of amides is 1. The summed E-state index contributed by atoms with van der Waals surface area (Å²) in [6, 6.07) is 12.6. The lowest BCUT2D eigenvalue weighted by atomic mass is 10.3. The first-order valence-electron chi connectivity index (χ1n) is 8.60. The fourth-order valence-corrected chi connectivity index (χ4v) is 2.62. The smallest absolute Gasteiger partial charge is 0.273 e. The number of hydrogen-bond donors (Lipinski definition) is 1. The third-order valence-corrected chi connectivity index (χ3v) is 4.06. The van der Waals surface area contributed by atoms with E-state index < -0.39 is 0 Å². The molecule has 2 aromatic carbocycles. The minimum atomic E-state index is -0.325. The SMILES string of the molecule is COc1ccc(-n2cc(C(=O)NCCOc3ccc4c(c3)OCO4)nn2)cc1. The Bertz CT molecular complexity index is 971. The highest BCUT2D eigenvalue weighted by atomic mass is 16.7. The molecule has 0 unspecified atom stereocenters. The molecule has 0 bridgehead atoms. The topological polar surface area (TPSA) is 96.7 Å². The average molecular weight is 382 g/mol. The molecule has 0 atom stereocenters. The summed E-state index contributed by atoms with van der Waals surface area (Å²) in [7, 11) is 1.60. The Morgan fingerprint density at radius 1 is 1.14 bits per heavy atom. The first kappa shape index (κ1) is 17.7. The summed E-state index contributed by atoms with van der Waals surface area (Å²) in [5.74, 6) is 2.40. The van der Waals surface area contributed by atoms with Crippen molar-refractivity contribution in [2.75, 3.05) is 27.1 Å². The molecule has 9 heteroatoms. The predicted octanol–water partition coefficient (Wildman–Crippen LogP) is 1.81. The molecule has 1 amide bonds. The van der Waals surface area contributed by atoms with Crippen molar-refractivity contribution in [1.29, 1.82) is 0 Å². The zero-order valence-electron chi connectivity index (χ0n) is 15.1. The van der Waals surface area contributed by atoms with E-state index in [9.17, 15) is 4.79 Å². The summed E-state index contributed by atoms with van der Waals surface area (Å²) in [5, 5.41) is 10.6. The van der Waals surface area contributed by atoms with E-state index in [0.29, 0.717) is 30.4 Å². The van der Waals surface area contributed by atoms with Crippen LogP contribution in [0, 0.1) is 0 Å². The molecule has 4 rings (SSSR count). The molecule has 0 radical (unpaired) electrons. The molecule has 144 valence electrons. The molecule has 0 saturated heterocycles. The van der Waals surface area contributed by atoms with Crippen molar-refractivity contribution in [2.45, 2.75) is 0 Å². The van der Waals surface area contributed by atoms with Gasteiger partial charge in [-0.2, -0.15) is 0 Å². The molecule has 0 fully saturated rings. The fraction of sp³-hybridized carbons (Fsp3) is 0.211. The van der Waals surface area contributed by atoms with Crippen LogP contribution in [0.3, 0.4) is 0 Å². The third-order valence-electron chi connectivity index (χ3n) is 4.06. The zero-order valence-corrected chi connectivity index (χ0v) is 15.1. The van der Waals surface area contributed by atoms with Gasteiger partial charge in [0.25, 0.3) is 5.91 Å². The van der Waals surface area contributed by atoms with Crippen molar-refractivity contribution >= 4 is 5.91 Å². The second-order valence-corrected chi connectivity index (χ2v) is 5.87. The number of aromatic nitrogens is 3. The van der Waals surface area contributed by atoms with Gasteiger partial charge in [-0.25, -0.2) is 4.68 Å². The number of carbonyl (C=O) groups excluding carboxylic acids is 1. The van der Waals surface area contributed by atoms with Crippen LogP contribution in [0.1, 0.15) is 10.5 Å². The third kappa shape index (κ3) is 3.83. The summed E-state index contributed by atoms with van der Waals surface area (Å²) in [5.41, 5.74) is 0.998. The molecule has 1 aliphatic heterocycles. The fourth-order valence-electron chi connectivity index (χ4n) is 2.62. The number of rotatable bonds is 7. The molecular formula is C19H18N4O5. The van der Waals surface area contributed by atoms with Crippen molar-refractivity contribution in [3.8, 4) is 28.7 Å². The van der Waals surface area contributed by atoms with Gasteiger partial charge in [-0.3, -0.25) is 4.79 Å². The van der Waals surface area contributed by atoms with E-state index in [1.54, 1.807) is 31.5 Å². The zero-order chi connectivity index (χ0) is 19.3. The Morgan fingerprint density at radius 2 is 1.93 bits per heavy atom. The van der Waals surface area contributed by atoms with Crippen LogP contribution in [-0.2, 0) is 0 Å². The van der Waals surface area contributed by atoms with Crippen LogP contribution < -0.4 is 24.3 Å². The highest BCUT2D eigenvalue weighted by Gasteiger charge is 2.14. The number of methoxy groups -OCH3 is 1. The van der Waals surface area contributed by atoms with Crippen LogP contribution in [0.2, 0.25) is 0 Å². The largest absolute Gasteiger partial charge is 0.497 e. The van der Waals surface area contributed by atoms with Crippen molar-refractivity contribution in [3.05, 3.63) is 54.4 Å². The van der Waals surface area contributed by atoms with Gasteiger partial charge in [0, 0.05) is 6.07 Å². The number of nitrogens with zero attached hydrogens (tertiary/aromatic N) is 3. The van der Waals surface area contributed by atoms with Gasteiger partial charge >= 0.3 is 0 Å². The van der Waals surface area contributed by atoms with Gasteiger partial charge in [0.2, 0.25) is 6.79 Å². The summed E-state index contributed by atoms with van der Waals surface area (Å²) >= 11 is 0. The van der Waals surface area contributed by atoms with Crippen LogP contribution in [0.5, 0.6) is 23.0 Å². The normalized spacial score (nSPS) is 11.9. The Hall–Kier alpha value is -3.75. The van der Waals surface area contributed by atoms with E-state index in [2.05, 4.69) is 15.6 Å². The van der Waals surface area contributed by atoms with E-state index in [0.717, 1.165) is 11.4 Å². The van der Waals surface area contributed by atoms with E-state index in [4.69, 9.17) is 18.9 Å². The minimum Gasteiger partial charge on any atom is -0.497 e. The van der Waals surface area contributed by atoms with Crippen LogP contribution in [-0.4, -0.2) is 48.0 Å². The van der Waals surface area contributed by atoms with Gasteiger partial charge in [0.15, 0.2) is 17.2 Å². The number of fused-ring (bicyclic) bond motifs is 1. The standard InChI is InChI=1S/C19H18N4O5/c1-25-14-4-2-13(3-5-14)23-11-16(21-22-23)19(24)20-8-9-26-15-6-7-17-18(10-15)28-12-27-17/h2-7,10-11H,8-9,12H2,1H3,(H,20,24). The van der Waals surface area contributed by atoms with Gasteiger partial charge in [0.1, 0.15) is 18.1 Å². The maximum Gasteiger partial charge on any atom is 0.273 e. The van der Waals surface area contributed by atoms with Crippen molar-refractivity contribution < 1.29 is 23.7 Å². The Labute approximate surface area is 160 Å². The average Bonchev–Trinajstić information content (AvgIpc) is 3.40. The first-order valence-corrected chi connectivity index (χ1v) is 8.60. The number of ether oxygens (including phenoxy) is 4. The molecule has 1 N–H and O–H groups in total. The second kappa shape index (κ2) is 7.87. The van der Waals surface area contributed by atoms with Gasteiger partial charge in [0.05, 0.1) is 25.5 Å². The van der Waals surface area contributed by atoms with Crippen LogP contribution in [0.4, 0.5) is 0 Å². The highest BCUT2D eigenvalue weighted by molar-refractivity contribution is 5.91. The van der Waals surface area contributed by atoms with Crippen molar-refractivity contribution in [3.63, 3.8) is 0 Å². The maximum absolute atomic E-state index is 12.2. The monoisotopic (exact) mass is 382 g/mol. The van der Waals surface area contributed by atoms with E-state index in [1.165, 1.54) is 4.68 Å². The van der Waals surface area contributed by atoms with Crippen LogP contribution in [0.25, 0.3) is 5.69 Å². The second-order valence-electron chi connectivity index (χ2n) is 5.87. The molecule has 3 aromatic rings. The summed E-state index contributed by atoms with van der Waals surface area (Å²) < 4.78 is 22.8. The van der Waals surface area contributed by atoms with Crippen LogP contribution in [0.15, 0.2) is 48.7 Å². The van der Waals surface area contributed by atoms with Crippen LogP contribution >= 0.6 is 0 Å². The molecule has 0 saturated carbocycles. The summed E-state index contributed by atoms with van der Waals surface area (Å²) in [4.78, 5) is 12.2. The first-order chi connectivity index (χ1) is 13.7. The number of hydrogen-bond acceptors (Lipinski definition) is 7. The lowest BCUT2D eigenvalue weighted by molar-refractivity contribution is 0.0942. The van der Waals surface area contributed by atoms with Crippen molar-refractivity contribution in [1.82, 2.24) is 20.3 Å². The lowest BCUT2D eigenvalue weighted by Crippen LogP contribution is -2.28. The predicted molar refractivity (Wildman–Crippen MR) is 98.3 cm³/mol. The van der Waals surface area contributed by atoms with E-state index >= 15 is 0 Å². The number of nitrogens with one attached hydrogen (secondary N) is 1. The maximum atomic E-state index is 12.2.